The summed E-state index contributed by atoms with van der Waals surface area (Å²) in [4.78, 5) is 7.40. The Bertz CT molecular complexity index is 297. The zero-order valence-electron chi connectivity index (χ0n) is 11.8. The average molecular weight is 250 g/mol. The van der Waals surface area contributed by atoms with Gasteiger partial charge in [0.15, 0.2) is 0 Å². The molecule has 0 N–H and O–H groups in total. The Balaban J connectivity index is 1.78. The van der Waals surface area contributed by atoms with Crippen LogP contribution in [0.2, 0.25) is 0 Å². The lowest BCUT2D eigenvalue weighted by Gasteiger charge is -2.38. The maximum absolute atomic E-state index is 8.99. The van der Waals surface area contributed by atoms with E-state index in [1.165, 1.54) is 32.5 Å². The van der Waals surface area contributed by atoms with Crippen molar-refractivity contribution in [3.63, 3.8) is 0 Å². The van der Waals surface area contributed by atoms with E-state index in [0.717, 1.165) is 26.1 Å². The van der Waals surface area contributed by atoms with Crippen molar-refractivity contribution in [3.05, 3.63) is 0 Å². The minimum Gasteiger partial charge on any atom is -0.308 e. The molecule has 2 atom stereocenters. The van der Waals surface area contributed by atoms with Gasteiger partial charge in [-0.1, -0.05) is 0 Å². The van der Waals surface area contributed by atoms with E-state index in [2.05, 4.69) is 34.9 Å². The molecule has 0 bridgehead atoms. The number of likely N-dealkylation sites (tertiary alicyclic amines) is 2. The highest BCUT2D eigenvalue weighted by molar-refractivity contribution is 4.94. The number of hydrogen-bond acceptors (Lipinski definition) is 4. The fourth-order valence-corrected chi connectivity index (χ4v) is 3.10. The smallest absolute Gasteiger partial charge is 0.0669 e. The predicted octanol–water partition coefficient (Wildman–Crippen LogP) is 0.858. The van der Waals surface area contributed by atoms with E-state index in [4.69, 9.17) is 5.26 Å². The molecule has 4 nitrogen and oxygen atoms in total. The van der Waals surface area contributed by atoms with Gasteiger partial charge in [0.1, 0.15) is 0 Å². The van der Waals surface area contributed by atoms with Crippen molar-refractivity contribution < 1.29 is 0 Å². The topological polar surface area (TPSA) is 33.5 Å². The van der Waals surface area contributed by atoms with Crippen molar-refractivity contribution in [3.8, 4) is 6.07 Å². The number of rotatable bonds is 4. The summed E-state index contributed by atoms with van der Waals surface area (Å²) < 4.78 is 0. The summed E-state index contributed by atoms with van der Waals surface area (Å²) >= 11 is 0. The van der Waals surface area contributed by atoms with Gasteiger partial charge in [-0.15, -0.1) is 0 Å². The molecule has 0 aromatic rings. The molecule has 0 amide bonds. The molecular weight excluding hydrogens is 224 g/mol. The van der Waals surface area contributed by atoms with Crippen LogP contribution >= 0.6 is 0 Å². The monoisotopic (exact) mass is 250 g/mol. The van der Waals surface area contributed by atoms with Gasteiger partial charge in [-0.3, -0.25) is 4.90 Å². The zero-order valence-corrected chi connectivity index (χ0v) is 11.8. The minimum absolute atomic E-state index is 0.280. The largest absolute Gasteiger partial charge is 0.308 e. The molecule has 2 unspecified atom stereocenters. The highest BCUT2D eigenvalue weighted by atomic mass is 15.3. The average Bonchev–Trinajstić information content (AvgIpc) is 2.85. The lowest BCUT2D eigenvalue weighted by Crippen LogP contribution is -2.48. The SMILES string of the molecule is CN(C)CCN1CCCC(N2CCC(C#N)C2)C1. The third-order valence-electron chi connectivity index (χ3n) is 4.26. The standard InChI is InChI=1S/C14H26N4/c1-16(2)8-9-17-6-3-4-14(12-17)18-7-5-13(10-15)11-18/h13-14H,3-9,11-12H2,1-2H3. The highest BCUT2D eigenvalue weighted by Gasteiger charge is 2.30. The van der Waals surface area contributed by atoms with Gasteiger partial charge < -0.3 is 9.80 Å². The number of hydrogen-bond donors (Lipinski definition) is 0. The summed E-state index contributed by atoms with van der Waals surface area (Å²) in [5.41, 5.74) is 0. The molecular formula is C14H26N4. The van der Waals surface area contributed by atoms with Gasteiger partial charge in [0.25, 0.3) is 0 Å². The fraction of sp³-hybridized carbons (Fsp3) is 0.929. The molecule has 2 saturated heterocycles. The molecule has 0 aliphatic carbocycles. The Morgan fingerprint density at radius 2 is 2.06 bits per heavy atom. The van der Waals surface area contributed by atoms with E-state index in [9.17, 15) is 0 Å². The van der Waals surface area contributed by atoms with E-state index in [0.29, 0.717) is 6.04 Å². The summed E-state index contributed by atoms with van der Waals surface area (Å²) in [7, 11) is 4.28. The second-order valence-electron chi connectivity index (χ2n) is 6.01. The van der Waals surface area contributed by atoms with Crippen LogP contribution in [-0.4, -0.2) is 74.1 Å². The first kappa shape index (κ1) is 13.8. The van der Waals surface area contributed by atoms with Crippen LogP contribution in [0.25, 0.3) is 0 Å². The first-order chi connectivity index (χ1) is 8.69. The van der Waals surface area contributed by atoms with E-state index in [1.807, 2.05) is 0 Å². The molecule has 0 aromatic heterocycles. The summed E-state index contributed by atoms with van der Waals surface area (Å²) in [6, 6.07) is 3.12. The number of piperidine rings is 1. The van der Waals surface area contributed by atoms with Gasteiger partial charge in [0.05, 0.1) is 12.0 Å². The zero-order chi connectivity index (χ0) is 13.0. The summed E-state index contributed by atoms with van der Waals surface area (Å²) in [6.45, 7) is 6.91. The van der Waals surface area contributed by atoms with Crippen LogP contribution in [0.1, 0.15) is 19.3 Å². The van der Waals surface area contributed by atoms with Crippen molar-refractivity contribution in [1.82, 2.24) is 14.7 Å². The van der Waals surface area contributed by atoms with Gasteiger partial charge >= 0.3 is 0 Å². The summed E-state index contributed by atoms with van der Waals surface area (Å²) in [5.74, 6) is 0.280. The molecule has 2 heterocycles. The van der Waals surface area contributed by atoms with Crippen molar-refractivity contribution in [2.45, 2.75) is 25.3 Å². The quantitative estimate of drug-likeness (QED) is 0.741. The van der Waals surface area contributed by atoms with Crippen LogP contribution in [0.15, 0.2) is 0 Å². The van der Waals surface area contributed by atoms with Crippen LogP contribution in [0.3, 0.4) is 0 Å². The maximum atomic E-state index is 8.99. The number of likely N-dealkylation sites (N-methyl/N-ethyl adjacent to an activating group) is 1. The predicted molar refractivity (Wildman–Crippen MR) is 73.3 cm³/mol. The number of nitriles is 1. The normalized spacial score (nSPS) is 30.8. The third kappa shape index (κ3) is 3.68. The molecule has 102 valence electrons. The van der Waals surface area contributed by atoms with Gasteiger partial charge in [-0.25, -0.2) is 0 Å². The second-order valence-corrected chi connectivity index (χ2v) is 6.01. The number of nitrogens with zero attached hydrogens (tertiary/aromatic N) is 4. The van der Waals surface area contributed by atoms with E-state index >= 15 is 0 Å². The van der Waals surface area contributed by atoms with E-state index in [-0.39, 0.29) is 5.92 Å². The third-order valence-corrected chi connectivity index (χ3v) is 4.26. The molecule has 0 radical (unpaired) electrons. The molecule has 2 fully saturated rings. The van der Waals surface area contributed by atoms with Crippen molar-refractivity contribution >= 4 is 0 Å². The van der Waals surface area contributed by atoms with Crippen molar-refractivity contribution in [2.24, 2.45) is 5.92 Å². The lowest BCUT2D eigenvalue weighted by atomic mass is 10.0. The molecule has 0 aromatic carbocycles. The molecule has 4 heteroatoms. The molecule has 0 saturated carbocycles. The Morgan fingerprint density at radius 1 is 1.22 bits per heavy atom. The van der Waals surface area contributed by atoms with E-state index in [1.54, 1.807) is 0 Å². The van der Waals surface area contributed by atoms with Crippen molar-refractivity contribution in [2.75, 3.05) is 53.4 Å². The van der Waals surface area contributed by atoms with Gasteiger partial charge in [0.2, 0.25) is 0 Å². The van der Waals surface area contributed by atoms with Gasteiger partial charge in [0, 0.05) is 32.2 Å². The lowest BCUT2D eigenvalue weighted by molar-refractivity contribution is 0.108. The second kappa shape index (κ2) is 6.51. The summed E-state index contributed by atoms with van der Waals surface area (Å²) in [6.07, 6.45) is 3.70. The first-order valence-electron chi connectivity index (χ1n) is 7.20. The van der Waals surface area contributed by atoms with Crippen LogP contribution in [0.4, 0.5) is 0 Å². The Kier molecular flexibility index (Phi) is 4.99. The molecule has 2 rings (SSSR count). The maximum Gasteiger partial charge on any atom is 0.0669 e. The highest BCUT2D eigenvalue weighted by Crippen LogP contribution is 2.23. The first-order valence-corrected chi connectivity index (χ1v) is 7.20. The Labute approximate surface area is 111 Å². The van der Waals surface area contributed by atoms with Gasteiger partial charge in [-0.05, 0) is 46.4 Å². The molecule has 18 heavy (non-hydrogen) atoms. The van der Waals surface area contributed by atoms with Crippen LogP contribution < -0.4 is 0 Å². The molecule has 2 aliphatic rings. The Morgan fingerprint density at radius 3 is 2.72 bits per heavy atom. The van der Waals surface area contributed by atoms with Crippen LogP contribution in [0, 0.1) is 17.2 Å². The van der Waals surface area contributed by atoms with E-state index < -0.39 is 0 Å². The van der Waals surface area contributed by atoms with Crippen LogP contribution in [0.5, 0.6) is 0 Å². The molecule has 2 aliphatic heterocycles. The van der Waals surface area contributed by atoms with Gasteiger partial charge in [-0.2, -0.15) is 5.26 Å². The molecule has 0 spiro atoms. The van der Waals surface area contributed by atoms with Crippen LogP contribution in [-0.2, 0) is 0 Å². The summed E-state index contributed by atoms with van der Waals surface area (Å²) in [5, 5.41) is 8.99. The minimum atomic E-state index is 0.280. The Hall–Kier alpha value is -0.630. The fourth-order valence-electron chi connectivity index (χ4n) is 3.10. The van der Waals surface area contributed by atoms with Crippen molar-refractivity contribution in [1.29, 1.82) is 5.26 Å².